The summed E-state index contributed by atoms with van der Waals surface area (Å²) in [6.45, 7) is 1.76. The first-order valence-electron chi connectivity index (χ1n) is 3.92. The molecular weight excluding hydrogens is 163 g/mol. The Morgan fingerprint density at radius 2 is 1.85 bits per heavy atom. The number of rotatable bonds is 1. The van der Waals surface area contributed by atoms with Gasteiger partial charge >= 0.3 is 0 Å². The summed E-state index contributed by atoms with van der Waals surface area (Å²) in [5, 5.41) is 7.63. The average Bonchev–Trinajstić information content (AvgIpc) is 2.53. The maximum Gasteiger partial charge on any atom is 0.247 e. The zero-order chi connectivity index (χ0) is 9.26. The van der Waals surface area contributed by atoms with Gasteiger partial charge in [0.1, 0.15) is 7.85 Å². The van der Waals surface area contributed by atoms with E-state index in [9.17, 15) is 0 Å². The van der Waals surface area contributed by atoms with Gasteiger partial charge in [-0.25, -0.2) is 0 Å². The number of aryl methyl sites for hydroxylation is 1. The average molecular weight is 170 g/mol. The van der Waals surface area contributed by atoms with E-state index in [1.165, 1.54) is 0 Å². The second-order valence-electron chi connectivity index (χ2n) is 2.75. The molecule has 62 valence electrons. The molecule has 0 aliphatic carbocycles. The fraction of sp³-hybridized carbons (Fsp3) is 0.111. The fourth-order valence-electron chi connectivity index (χ4n) is 1.04. The molecule has 0 bridgehead atoms. The molecule has 0 aliphatic rings. The Morgan fingerprint density at radius 1 is 1.15 bits per heavy atom. The third-order valence-electron chi connectivity index (χ3n) is 1.68. The van der Waals surface area contributed by atoms with E-state index >= 15 is 0 Å². The third-order valence-corrected chi connectivity index (χ3v) is 1.68. The number of hydrogen-bond donors (Lipinski definition) is 0. The van der Waals surface area contributed by atoms with Gasteiger partial charge in [0.05, 0.1) is 0 Å². The summed E-state index contributed by atoms with van der Waals surface area (Å²) in [4.78, 5) is 0. The highest BCUT2D eigenvalue weighted by Gasteiger charge is 2.03. The molecule has 13 heavy (non-hydrogen) atoms. The Hall–Kier alpha value is -1.58. The van der Waals surface area contributed by atoms with Crippen molar-refractivity contribution in [3.05, 3.63) is 30.2 Å². The molecule has 0 saturated heterocycles. The molecule has 0 spiro atoms. The van der Waals surface area contributed by atoms with Crippen LogP contribution in [0.25, 0.3) is 11.5 Å². The van der Waals surface area contributed by atoms with Crippen molar-refractivity contribution in [2.24, 2.45) is 0 Å². The molecule has 3 nitrogen and oxygen atoms in total. The number of hydrogen-bond acceptors (Lipinski definition) is 3. The van der Waals surface area contributed by atoms with E-state index < -0.39 is 0 Å². The minimum Gasteiger partial charge on any atom is -0.421 e. The van der Waals surface area contributed by atoms with Crippen LogP contribution in [0.3, 0.4) is 0 Å². The fourth-order valence-corrected chi connectivity index (χ4v) is 1.04. The second kappa shape index (κ2) is 3.05. The van der Waals surface area contributed by atoms with Crippen molar-refractivity contribution in [3.63, 3.8) is 0 Å². The Balaban J connectivity index is 2.41. The van der Waals surface area contributed by atoms with Crippen molar-refractivity contribution in [2.75, 3.05) is 0 Å². The lowest BCUT2D eigenvalue weighted by Crippen LogP contribution is -1.99. The van der Waals surface area contributed by atoms with Gasteiger partial charge in [-0.2, -0.15) is 0 Å². The lowest BCUT2D eigenvalue weighted by atomic mass is 9.95. The number of aromatic nitrogens is 2. The van der Waals surface area contributed by atoms with E-state index in [1.54, 1.807) is 19.1 Å². The van der Waals surface area contributed by atoms with Crippen LogP contribution in [0.15, 0.2) is 28.7 Å². The summed E-state index contributed by atoms with van der Waals surface area (Å²) >= 11 is 0. The Bertz CT molecular complexity index is 408. The maximum atomic E-state index is 5.54. The van der Waals surface area contributed by atoms with Crippen LogP contribution in [0.4, 0.5) is 0 Å². The summed E-state index contributed by atoms with van der Waals surface area (Å²) in [5.41, 5.74) is 1.61. The maximum absolute atomic E-state index is 5.54. The van der Waals surface area contributed by atoms with Gasteiger partial charge in [-0.05, 0) is 0 Å². The summed E-state index contributed by atoms with van der Waals surface area (Å²) in [6, 6.07) is 7.30. The van der Waals surface area contributed by atoms with Gasteiger partial charge in [0.2, 0.25) is 11.8 Å². The van der Waals surface area contributed by atoms with Crippen LogP contribution in [0.1, 0.15) is 5.89 Å². The van der Waals surface area contributed by atoms with Gasteiger partial charge in [-0.15, -0.1) is 10.2 Å². The van der Waals surface area contributed by atoms with Crippen molar-refractivity contribution in [1.29, 1.82) is 0 Å². The summed E-state index contributed by atoms with van der Waals surface area (Å²) in [7, 11) is 5.54. The summed E-state index contributed by atoms with van der Waals surface area (Å²) in [5.74, 6) is 1.09. The molecule has 4 heteroatoms. The first kappa shape index (κ1) is 8.04. The second-order valence-corrected chi connectivity index (χ2v) is 2.75. The highest BCUT2D eigenvalue weighted by molar-refractivity contribution is 6.32. The standard InChI is InChI=1S/C9H7BN2O/c1-6-11-12-9(13-6)7-2-4-8(10)5-3-7/h2-5H,1H3. The van der Waals surface area contributed by atoms with Crippen molar-refractivity contribution >= 4 is 13.3 Å². The molecule has 0 saturated carbocycles. The van der Waals surface area contributed by atoms with Gasteiger partial charge in [-0.1, -0.05) is 29.7 Å². The topological polar surface area (TPSA) is 38.9 Å². The Morgan fingerprint density at radius 3 is 2.38 bits per heavy atom. The molecule has 2 radical (unpaired) electrons. The first-order valence-corrected chi connectivity index (χ1v) is 3.92. The van der Waals surface area contributed by atoms with E-state index in [1.807, 2.05) is 12.1 Å². The van der Waals surface area contributed by atoms with Crippen LogP contribution in [0, 0.1) is 6.92 Å². The molecular formula is C9H7BN2O. The van der Waals surface area contributed by atoms with Gasteiger partial charge in [0.15, 0.2) is 0 Å². The van der Waals surface area contributed by atoms with Crippen LogP contribution in [-0.4, -0.2) is 18.0 Å². The number of nitrogens with zero attached hydrogens (tertiary/aromatic N) is 2. The minimum atomic E-state index is 0.525. The van der Waals surface area contributed by atoms with Gasteiger partial charge in [0.25, 0.3) is 0 Å². The van der Waals surface area contributed by atoms with Crippen molar-refractivity contribution in [1.82, 2.24) is 10.2 Å². The smallest absolute Gasteiger partial charge is 0.247 e. The van der Waals surface area contributed by atoms with Crippen LogP contribution in [0.2, 0.25) is 0 Å². The monoisotopic (exact) mass is 170 g/mol. The lowest BCUT2D eigenvalue weighted by molar-refractivity contribution is 0.533. The number of benzene rings is 1. The zero-order valence-electron chi connectivity index (χ0n) is 7.19. The van der Waals surface area contributed by atoms with Crippen LogP contribution < -0.4 is 5.46 Å². The van der Waals surface area contributed by atoms with E-state index in [4.69, 9.17) is 12.3 Å². The highest BCUT2D eigenvalue weighted by Crippen LogP contribution is 2.15. The largest absolute Gasteiger partial charge is 0.421 e. The van der Waals surface area contributed by atoms with E-state index in [0.717, 1.165) is 11.0 Å². The predicted octanol–water partition coefficient (Wildman–Crippen LogP) is 0.839. The third kappa shape index (κ3) is 1.61. The summed E-state index contributed by atoms with van der Waals surface area (Å²) in [6.07, 6.45) is 0. The lowest BCUT2D eigenvalue weighted by Gasteiger charge is -1.94. The van der Waals surface area contributed by atoms with Gasteiger partial charge in [0, 0.05) is 12.5 Å². The van der Waals surface area contributed by atoms with Crippen molar-refractivity contribution in [2.45, 2.75) is 6.92 Å². The van der Waals surface area contributed by atoms with E-state index in [2.05, 4.69) is 10.2 Å². The molecule has 1 aromatic carbocycles. The highest BCUT2D eigenvalue weighted by atomic mass is 16.4. The van der Waals surface area contributed by atoms with E-state index in [0.29, 0.717) is 11.8 Å². The molecule has 0 aliphatic heterocycles. The first-order chi connectivity index (χ1) is 6.25. The van der Waals surface area contributed by atoms with Crippen LogP contribution in [0.5, 0.6) is 0 Å². The predicted molar refractivity (Wildman–Crippen MR) is 49.9 cm³/mol. The molecule has 1 aromatic heterocycles. The molecule has 0 atom stereocenters. The molecule has 2 aromatic rings. The van der Waals surface area contributed by atoms with Crippen molar-refractivity contribution in [3.8, 4) is 11.5 Å². The molecule has 0 N–H and O–H groups in total. The zero-order valence-corrected chi connectivity index (χ0v) is 7.19. The molecule has 0 amide bonds. The molecule has 0 fully saturated rings. The van der Waals surface area contributed by atoms with Gasteiger partial charge < -0.3 is 4.42 Å². The summed E-state index contributed by atoms with van der Waals surface area (Å²) < 4.78 is 5.25. The Labute approximate surface area is 77.2 Å². The normalized spacial score (nSPS) is 10.2. The molecule has 0 unspecified atom stereocenters. The van der Waals surface area contributed by atoms with Crippen LogP contribution >= 0.6 is 0 Å². The minimum absolute atomic E-state index is 0.525. The van der Waals surface area contributed by atoms with Crippen molar-refractivity contribution < 1.29 is 4.42 Å². The SMILES string of the molecule is [B]c1ccc(-c2nnc(C)o2)cc1. The molecule has 2 rings (SSSR count). The van der Waals surface area contributed by atoms with Gasteiger partial charge in [-0.3, -0.25) is 0 Å². The van der Waals surface area contributed by atoms with Crippen LogP contribution in [-0.2, 0) is 0 Å². The van der Waals surface area contributed by atoms with E-state index in [-0.39, 0.29) is 0 Å². The quantitative estimate of drug-likeness (QED) is 0.595. The Kier molecular flexibility index (Phi) is 1.89. The molecule has 1 heterocycles.